The third-order valence-corrected chi connectivity index (χ3v) is 2.14. The largest absolute Gasteiger partial charge is 1.00 e. The summed E-state index contributed by atoms with van der Waals surface area (Å²) in [5.74, 6) is -0.383. The molecule has 0 rings (SSSR count). The van der Waals surface area contributed by atoms with Crippen molar-refractivity contribution < 1.29 is 61.3 Å². The average Bonchev–Trinajstić information content (AvgIpc) is 2.01. The molecule has 3 heteroatoms. The molecule has 0 fully saturated rings. The van der Waals surface area contributed by atoms with Gasteiger partial charge >= 0.3 is 51.4 Å². The van der Waals surface area contributed by atoms with E-state index in [0.29, 0.717) is 5.92 Å². The minimum Gasteiger partial charge on any atom is -0.550 e. The van der Waals surface area contributed by atoms with Crippen LogP contribution in [0, 0.1) is 5.92 Å². The number of hydrogen-bond donors (Lipinski definition) is 0. The molecule has 1 unspecified atom stereocenters. The molecular formula is C10H19KO2. The second-order valence-corrected chi connectivity index (χ2v) is 3.51. The summed E-state index contributed by atoms with van der Waals surface area (Å²) >= 11 is 0. The molecule has 0 bridgehead atoms. The zero-order valence-corrected chi connectivity index (χ0v) is 12.3. The van der Waals surface area contributed by atoms with E-state index in [1.807, 2.05) is 0 Å². The smallest absolute Gasteiger partial charge is 0.550 e. The molecule has 13 heavy (non-hydrogen) atoms. The molecule has 1 atom stereocenters. The molecule has 0 aromatic carbocycles. The van der Waals surface area contributed by atoms with Crippen molar-refractivity contribution in [3.63, 3.8) is 0 Å². The maximum atomic E-state index is 10.1. The normalized spacial score (nSPS) is 11.8. The molecule has 0 spiro atoms. The molecule has 0 heterocycles. The summed E-state index contributed by atoms with van der Waals surface area (Å²) in [5, 5.41) is 10.1. The first-order valence-corrected chi connectivity index (χ1v) is 4.86. The van der Waals surface area contributed by atoms with E-state index in [1.54, 1.807) is 0 Å². The van der Waals surface area contributed by atoms with Crippen LogP contribution in [0.25, 0.3) is 0 Å². The van der Waals surface area contributed by atoms with Crippen LogP contribution in [0.5, 0.6) is 0 Å². The molecule has 0 aliphatic rings. The van der Waals surface area contributed by atoms with Crippen LogP contribution < -0.4 is 56.5 Å². The van der Waals surface area contributed by atoms with E-state index in [2.05, 4.69) is 13.8 Å². The number of aliphatic carboxylic acids is 1. The van der Waals surface area contributed by atoms with E-state index in [-0.39, 0.29) is 57.8 Å². The van der Waals surface area contributed by atoms with Crippen molar-refractivity contribution in [3.8, 4) is 0 Å². The van der Waals surface area contributed by atoms with Crippen molar-refractivity contribution in [1.82, 2.24) is 0 Å². The fourth-order valence-corrected chi connectivity index (χ4v) is 1.25. The van der Waals surface area contributed by atoms with Gasteiger partial charge in [0.25, 0.3) is 0 Å². The number of carbonyl (C=O) groups is 1. The van der Waals surface area contributed by atoms with E-state index in [4.69, 9.17) is 0 Å². The minimum atomic E-state index is -0.919. The Morgan fingerprint density at radius 2 is 1.92 bits per heavy atom. The molecule has 72 valence electrons. The van der Waals surface area contributed by atoms with Crippen LogP contribution in [-0.2, 0) is 4.79 Å². The average molecular weight is 210 g/mol. The molecule has 0 N–H and O–H groups in total. The molecule has 0 amide bonds. The first kappa shape index (κ1) is 16.5. The van der Waals surface area contributed by atoms with Crippen LogP contribution in [0.1, 0.15) is 52.4 Å². The number of carbonyl (C=O) groups excluding carboxylic acids is 1. The van der Waals surface area contributed by atoms with Gasteiger partial charge in [0, 0.05) is 5.97 Å². The summed E-state index contributed by atoms with van der Waals surface area (Å²) in [5.41, 5.74) is 0. The van der Waals surface area contributed by atoms with E-state index in [9.17, 15) is 9.90 Å². The Hall–Kier alpha value is 1.11. The standard InChI is InChI=1S/C10H20O2.K/c1-3-4-5-6-9(2)7-8-10(11)12;/h9H,3-8H2,1-2H3,(H,11,12);/q;+1/p-1. The summed E-state index contributed by atoms with van der Waals surface area (Å²) in [7, 11) is 0. The van der Waals surface area contributed by atoms with Gasteiger partial charge in [-0.05, 0) is 18.8 Å². The number of carboxylic acid groups (broad SMARTS) is 1. The molecule has 0 aliphatic carbocycles. The Morgan fingerprint density at radius 3 is 2.38 bits per heavy atom. The van der Waals surface area contributed by atoms with E-state index in [1.165, 1.54) is 19.3 Å². The fourth-order valence-electron chi connectivity index (χ4n) is 1.25. The van der Waals surface area contributed by atoms with Gasteiger partial charge in [0.15, 0.2) is 0 Å². The molecule has 2 nitrogen and oxygen atoms in total. The second-order valence-electron chi connectivity index (χ2n) is 3.51. The van der Waals surface area contributed by atoms with Crippen molar-refractivity contribution in [1.29, 1.82) is 0 Å². The van der Waals surface area contributed by atoms with Gasteiger partial charge in [-0.25, -0.2) is 0 Å². The van der Waals surface area contributed by atoms with Crippen LogP contribution in [0.4, 0.5) is 0 Å². The van der Waals surface area contributed by atoms with Crippen molar-refractivity contribution >= 4 is 5.97 Å². The van der Waals surface area contributed by atoms with Gasteiger partial charge in [0.05, 0.1) is 0 Å². The van der Waals surface area contributed by atoms with E-state index < -0.39 is 5.97 Å². The quantitative estimate of drug-likeness (QED) is 0.389. The van der Waals surface area contributed by atoms with Gasteiger partial charge in [-0.2, -0.15) is 0 Å². The first-order valence-electron chi connectivity index (χ1n) is 4.86. The van der Waals surface area contributed by atoms with Gasteiger partial charge < -0.3 is 9.90 Å². The topological polar surface area (TPSA) is 40.1 Å². The number of hydrogen-bond acceptors (Lipinski definition) is 2. The SMILES string of the molecule is CCCCCC(C)CCC(=O)[O-].[K+]. The summed E-state index contributed by atoms with van der Waals surface area (Å²) in [4.78, 5) is 10.1. The summed E-state index contributed by atoms with van der Waals surface area (Å²) < 4.78 is 0. The predicted molar refractivity (Wildman–Crippen MR) is 47.5 cm³/mol. The number of carboxylic acids is 1. The Balaban J connectivity index is 0. The maximum absolute atomic E-state index is 10.1. The summed E-state index contributed by atoms with van der Waals surface area (Å²) in [6.45, 7) is 4.28. The minimum absolute atomic E-state index is 0. The second kappa shape index (κ2) is 11.2. The van der Waals surface area contributed by atoms with Crippen LogP contribution in [0.2, 0.25) is 0 Å². The van der Waals surface area contributed by atoms with Crippen LogP contribution in [0.3, 0.4) is 0 Å². The van der Waals surface area contributed by atoms with Crippen molar-refractivity contribution in [2.45, 2.75) is 52.4 Å². The summed E-state index contributed by atoms with van der Waals surface area (Å²) in [6, 6.07) is 0. The van der Waals surface area contributed by atoms with Crippen molar-refractivity contribution in [2.75, 3.05) is 0 Å². The summed E-state index contributed by atoms with van der Waals surface area (Å²) in [6.07, 6.45) is 5.86. The predicted octanol–water partition coefficient (Wildman–Crippen LogP) is -1.26. The monoisotopic (exact) mass is 210 g/mol. The fraction of sp³-hybridized carbons (Fsp3) is 0.900. The van der Waals surface area contributed by atoms with Crippen LogP contribution >= 0.6 is 0 Å². The molecule has 0 aromatic heterocycles. The van der Waals surface area contributed by atoms with E-state index >= 15 is 0 Å². The molecular weight excluding hydrogens is 191 g/mol. The van der Waals surface area contributed by atoms with Gasteiger partial charge in [0.2, 0.25) is 0 Å². The van der Waals surface area contributed by atoms with Crippen molar-refractivity contribution in [2.24, 2.45) is 5.92 Å². The number of rotatable bonds is 7. The Kier molecular flexibility index (Phi) is 14.2. The van der Waals surface area contributed by atoms with Gasteiger partial charge in [-0.3, -0.25) is 0 Å². The van der Waals surface area contributed by atoms with Crippen molar-refractivity contribution in [3.05, 3.63) is 0 Å². The molecule has 0 aliphatic heterocycles. The molecule has 0 saturated carbocycles. The molecule has 0 aromatic rings. The Bertz CT molecular complexity index is 126. The zero-order chi connectivity index (χ0) is 9.40. The Morgan fingerprint density at radius 1 is 1.31 bits per heavy atom. The number of unbranched alkanes of at least 4 members (excludes halogenated alkanes) is 2. The third-order valence-electron chi connectivity index (χ3n) is 2.14. The Labute approximate surface area is 124 Å². The first-order chi connectivity index (χ1) is 5.66. The zero-order valence-electron chi connectivity index (χ0n) is 9.14. The van der Waals surface area contributed by atoms with Gasteiger partial charge in [-0.15, -0.1) is 0 Å². The van der Waals surface area contributed by atoms with Gasteiger partial charge in [-0.1, -0.05) is 39.5 Å². The maximum Gasteiger partial charge on any atom is 1.00 e. The molecule has 0 saturated heterocycles. The molecule has 0 radical (unpaired) electrons. The van der Waals surface area contributed by atoms with Crippen LogP contribution in [-0.4, -0.2) is 5.97 Å². The van der Waals surface area contributed by atoms with E-state index in [0.717, 1.165) is 12.8 Å². The third kappa shape index (κ3) is 13.1. The van der Waals surface area contributed by atoms with Crippen LogP contribution in [0.15, 0.2) is 0 Å². The van der Waals surface area contributed by atoms with Gasteiger partial charge in [0.1, 0.15) is 0 Å².